The molecule has 0 N–H and O–H groups in total. The van der Waals surface area contributed by atoms with Gasteiger partial charge in [-0.3, -0.25) is 9.20 Å². The van der Waals surface area contributed by atoms with Crippen LogP contribution in [0.2, 0.25) is 0 Å². The van der Waals surface area contributed by atoms with Crippen LogP contribution in [-0.2, 0) is 4.74 Å². The van der Waals surface area contributed by atoms with Crippen molar-refractivity contribution < 1.29 is 9.53 Å². The number of thiazole rings is 1. The second-order valence-electron chi connectivity index (χ2n) is 3.22. The minimum absolute atomic E-state index is 0.169. The maximum Gasteiger partial charge on any atom is 0.339 e. The van der Waals surface area contributed by atoms with Crippen molar-refractivity contribution in [1.82, 2.24) is 4.40 Å². The Morgan fingerprint density at radius 2 is 2.25 bits per heavy atom. The summed E-state index contributed by atoms with van der Waals surface area (Å²) >= 11 is 3.31. The summed E-state index contributed by atoms with van der Waals surface area (Å²) in [5, 5.41) is 1.88. The predicted octanol–water partition coefficient (Wildman–Crippen LogP) is 2.06. The molecule has 84 valence electrons. The third-order valence-electron chi connectivity index (χ3n) is 2.22. The first-order valence-corrected chi connectivity index (χ1v) is 6.39. The number of pyridine rings is 1. The van der Waals surface area contributed by atoms with Gasteiger partial charge in [0.25, 0.3) is 5.56 Å². The zero-order valence-corrected chi connectivity index (χ0v) is 11.6. The van der Waals surface area contributed by atoms with E-state index in [-0.39, 0.29) is 5.56 Å². The van der Waals surface area contributed by atoms with Gasteiger partial charge in [-0.2, -0.15) is 0 Å². The monoisotopic (exact) mass is 349 g/mol. The topological polar surface area (TPSA) is 47.8 Å². The van der Waals surface area contributed by atoms with Crippen molar-refractivity contribution in [2.24, 2.45) is 0 Å². The molecule has 2 rings (SSSR count). The van der Waals surface area contributed by atoms with Gasteiger partial charge in [0.15, 0.2) is 0 Å². The Labute approximate surface area is 109 Å². The predicted molar refractivity (Wildman–Crippen MR) is 70.3 cm³/mol. The van der Waals surface area contributed by atoms with Gasteiger partial charge >= 0.3 is 5.97 Å². The van der Waals surface area contributed by atoms with Gasteiger partial charge in [-0.25, -0.2) is 4.79 Å². The Morgan fingerprint density at radius 3 is 2.88 bits per heavy atom. The van der Waals surface area contributed by atoms with Crippen molar-refractivity contribution in [2.75, 3.05) is 7.11 Å². The fraction of sp³-hybridized carbons (Fsp3) is 0.200. The number of esters is 1. The van der Waals surface area contributed by atoms with Crippen LogP contribution in [0.25, 0.3) is 4.83 Å². The highest BCUT2D eigenvalue weighted by atomic mass is 127. The summed E-state index contributed by atoms with van der Waals surface area (Å²) in [7, 11) is 1.31. The Balaban J connectivity index is 2.86. The molecule has 2 heterocycles. The molecule has 0 radical (unpaired) electrons. The summed E-state index contributed by atoms with van der Waals surface area (Å²) in [6.45, 7) is 1.86. The standard InChI is InChI=1S/C10H8INO3S/c1-5-4-16-7-3-6(10(14)15-2)8(11)9(13)12(5)7/h3-4H,1-2H3. The van der Waals surface area contributed by atoms with Crippen LogP contribution in [0.5, 0.6) is 0 Å². The molecule has 4 nitrogen and oxygen atoms in total. The van der Waals surface area contributed by atoms with Gasteiger partial charge < -0.3 is 4.74 Å². The first-order valence-electron chi connectivity index (χ1n) is 4.44. The molecule has 0 aromatic carbocycles. The number of ether oxygens (including phenoxy) is 1. The van der Waals surface area contributed by atoms with E-state index in [4.69, 9.17) is 0 Å². The molecule has 0 spiro atoms. The lowest BCUT2D eigenvalue weighted by atomic mass is 10.3. The smallest absolute Gasteiger partial charge is 0.339 e. The Bertz CT molecular complexity index is 629. The number of rotatable bonds is 1. The van der Waals surface area contributed by atoms with E-state index in [1.165, 1.54) is 18.4 Å². The third kappa shape index (κ3) is 1.65. The zero-order chi connectivity index (χ0) is 11.9. The largest absolute Gasteiger partial charge is 0.465 e. The summed E-state index contributed by atoms with van der Waals surface area (Å²) in [4.78, 5) is 24.2. The highest BCUT2D eigenvalue weighted by Gasteiger charge is 2.16. The first kappa shape index (κ1) is 11.6. The van der Waals surface area contributed by atoms with Gasteiger partial charge in [0, 0.05) is 11.1 Å². The van der Waals surface area contributed by atoms with Crippen molar-refractivity contribution in [3.05, 3.63) is 36.6 Å². The van der Waals surface area contributed by atoms with E-state index in [1.807, 2.05) is 34.9 Å². The van der Waals surface area contributed by atoms with Crippen LogP contribution in [0.15, 0.2) is 16.2 Å². The van der Waals surface area contributed by atoms with Crippen LogP contribution in [0, 0.1) is 10.5 Å². The molecule has 16 heavy (non-hydrogen) atoms. The molecule has 0 aliphatic heterocycles. The second kappa shape index (κ2) is 4.17. The Kier molecular flexibility index (Phi) is 3.02. The Morgan fingerprint density at radius 1 is 1.56 bits per heavy atom. The number of fused-ring (bicyclic) bond motifs is 1. The molecule has 0 unspecified atom stereocenters. The normalized spacial score (nSPS) is 10.7. The molecule has 6 heteroatoms. The van der Waals surface area contributed by atoms with Gasteiger partial charge in [0.05, 0.1) is 16.2 Å². The van der Waals surface area contributed by atoms with Crippen molar-refractivity contribution in [3.8, 4) is 0 Å². The van der Waals surface area contributed by atoms with Crippen LogP contribution in [-0.4, -0.2) is 17.5 Å². The molecule has 2 aromatic rings. The first-order chi connectivity index (χ1) is 7.56. The number of aryl methyl sites for hydroxylation is 1. The van der Waals surface area contributed by atoms with E-state index < -0.39 is 5.97 Å². The van der Waals surface area contributed by atoms with Crippen molar-refractivity contribution >= 4 is 44.7 Å². The molecular formula is C10H8INO3S. The highest BCUT2D eigenvalue weighted by molar-refractivity contribution is 14.1. The SMILES string of the molecule is COC(=O)c1cc2scc(C)n2c(=O)c1I. The summed E-state index contributed by atoms with van der Waals surface area (Å²) in [6, 6.07) is 1.69. The number of hydrogen-bond donors (Lipinski definition) is 0. The lowest BCUT2D eigenvalue weighted by Gasteiger charge is -2.03. The number of halogens is 1. The maximum atomic E-state index is 12.0. The van der Waals surface area contributed by atoms with Crippen LogP contribution in [0.3, 0.4) is 0 Å². The molecule has 0 saturated heterocycles. The molecule has 0 bridgehead atoms. The second-order valence-corrected chi connectivity index (χ2v) is 5.19. The van der Waals surface area contributed by atoms with Crippen LogP contribution in [0.1, 0.15) is 16.1 Å². The highest BCUT2D eigenvalue weighted by Crippen LogP contribution is 2.18. The molecule has 0 amide bonds. The van der Waals surface area contributed by atoms with Crippen molar-refractivity contribution in [3.63, 3.8) is 0 Å². The lowest BCUT2D eigenvalue weighted by Crippen LogP contribution is -2.21. The molecule has 2 aromatic heterocycles. The van der Waals surface area contributed by atoms with Crippen LogP contribution < -0.4 is 5.56 Å². The molecular weight excluding hydrogens is 341 g/mol. The number of hydrogen-bond acceptors (Lipinski definition) is 4. The quantitative estimate of drug-likeness (QED) is 0.585. The van der Waals surface area contributed by atoms with Gasteiger partial charge in [-0.15, -0.1) is 11.3 Å². The molecule has 0 saturated carbocycles. The van der Waals surface area contributed by atoms with E-state index in [0.717, 1.165) is 10.5 Å². The average molecular weight is 349 g/mol. The van der Waals surface area contributed by atoms with Crippen LogP contribution in [0.4, 0.5) is 0 Å². The van der Waals surface area contributed by atoms with Gasteiger partial charge in [-0.1, -0.05) is 0 Å². The van der Waals surface area contributed by atoms with E-state index in [2.05, 4.69) is 4.74 Å². The van der Waals surface area contributed by atoms with E-state index in [1.54, 1.807) is 10.5 Å². The number of nitrogens with zero attached hydrogens (tertiary/aromatic N) is 1. The lowest BCUT2D eigenvalue weighted by molar-refractivity contribution is 0.0599. The number of carbonyl (C=O) groups excluding carboxylic acids is 1. The van der Waals surface area contributed by atoms with E-state index in [9.17, 15) is 9.59 Å². The maximum absolute atomic E-state index is 12.0. The summed E-state index contributed by atoms with van der Waals surface area (Å²) < 4.78 is 6.63. The average Bonchev–Trinajstić information content (AvgIpc) is 2.64. The summed E-state index contributed by atoms with van der Waals surface area (Å²) in [5.41, 5.74) is 1.03. The van der Waals surface area contributed by atoms with Crippen molar-refractivity contribution in [1.29, 1.82) is 0 Å². The molecule has 0 aliphatic carbocycles. The number of aromatic nitrogens is 1. The molecule has 0 aliphatic rings. The molecule has 0 fully saturated rings. The fourth-order valence-corrected chi connectivity index (χ4v) is 2.97. The third-order valence-corrected chi connectivity index (χ3v) is 4.27. The summed E-state index contributed by atoms with van der Waals surface area (Å²) in [6.07, 6.45) is 0. The van der Waals surface area contributed by atoms with E-state index in [0.29, 0.717) is 9.13 Å². The Hall–Kier alpha value is -0.890. The van der Waals surface area contributed by atoms with E-state index >= 15 is 0 Å². The fourth-order valence-electron chi connectivity index (χ4n) is 1.44. The van der Waals surface area contributed by atoms with Gasteiger partial charge in [-0.05, 0) is 35.6 Å². The van der Waals surface area contributed by atoms with Crippen molar-refractivity contribution in [2.45, 2.75) is 6.92 Å². The van der Waals surface area contributed by atoms with Gasteiger partial charge in [0.1, 0.15) is 4.83 Å². The van der Waals surface area contributed by atoms with Gasteiger partial charge in [0.2, 0.25) is 0 Å². The molecule has 0 atom stereocenters. The zero-order valence-electron chi connectivity index (χ0n) is 8.61. The number of carbonyl (C=O) groups is 1. The minimum Gasteiger partial charge on any atom is -0.465 e. The summed E-state index contributed by atoms with van der Waals surface area (Å²) in [5.74, 6) is -0.477. The minimum atomic E-state index is -0.477. The van der Waals surface area contributed by atoms with Crippen LogP contribution >= 0.6 is 33.9 Å². The number of methoxy groups -OCH3 is 1.